The van der Waals surface area contributed by atoms with Crippen LogP contribution in [-0.2, 0) is 9.59 Å². The third-order valence-electron chi connectivity index (χ3n) is 5.54. The number of piperazine rings is 1. The van der Waals surface area contributed by atoms with E-state index in [9.17, 15) is 9.59 Å². The first kappa shape index (κ1) is 21.4. The van der Waals surface area contributed by atoms with Gasteiger partial charge in [0.05, 0.1) is 45.5 Å². The molecule has 0 bridgehead atoms. The van der Waals surface area contributed by atoms with Crippen LogP contribution in [0.15, 0.2) is 40.5 Å². The van der Waals surface area contributed by atoms with Gasteiger partial charge in [-0.2, -0.15) is 0 Å². The van der Waals surface area contributed by atoms with Gasteiger partial charge >= 0.3 is 0 Å². The Balaban J connectivity index is 1.38. The van der Waals surface area contributed by atoms with Crippen molar-refractivity contribution in [3.63, 3.8) is 0 Å². The van der Waals surface area contributed by atoms with Crippen molar-refractivity contribution in [3.05, 3.63) is 36.8 Å². The second-order valence-electron chi connectivity index (χ2n) is 7.55. The highest BCUT2D eigenvalue weighted by Gasteiger charge is 2.36. The number of nitrogens with one attached hydrogen (secondary N) is 2. The van der Waals surface area contributed by atoms with Crippen molar-refractivity contribution in [1.29, 1.82) is 0 Å². The lowest BCUT2D eigenvalue weighted by Crippen LogP contribution is -3.15. The summed E-state index contributed by atoms with van der Waals surface area (Å²) in [5.74, 6) is -0.242. The molecule has 8 heteroatoms. The van der Waals surface area contributed by atoms with Crippen LogP contribution in [-0.4, -0.2) is 73.6 Å². The van der Waals surface area contributed by atoms with Crippen molar-refractivity contribution in [2.75, 3.05) is 45.8 Å². The Morgan fingerprint density at radius 1 is 1.34 bits per heavy atom. The first-order chi connectivity index (χ1) is 14.1. The summed E-state index contributed by atoms with van der Waals surface area (Å²) in [6, 6.07) is 3.61. The molecule has 2 fully saturated rings. The van der Waals surface area contributed by atoms with Gasteiger partial charge in [-0.1, -0.05) is 6.08 Å². The maximum Gasteiger partial charge on any atom is 0.169 e. The topological polar surface area (TPSA) is 79.3 Å². The number of furan rings is 1. The zero-order valence-corrected chi connectivity index (χ0v) is 17.5. The van der Waals surface area contributed by atoms with Gasteiger partial charge in [0, 0.05) is 31.5 Å². The number of nitrogens with zero attached hydrogens (tertiary/aromatic N) is 2. The third-order valence-corrected chi connectivity index (χ3v) is 5.94. The zero-order valence-electron chi connectivity index (χ0n) is 16.6. The van der Waals surface area contributed by atoms with Crippen molar-refractivity contribution < 1.29 is 18.9 Å². The average molecular weight is 418 g/mol. The molecule has 2 N–H and O–H groups in total. The monoisotopic (exact) mass is 417 g/mol. The number of thiocarbonyl (C=S) groups is 1. The molecule has 1 aromatic heterocycles. The van der Waals surface area contributed by atoms with E-state index in [-0.39, 0.29) is 17.5 Å². The van der Waals surface area contributed by atoms with Gasteiger partial charge in [0.15, 0.2) is 5.11 Å². The first-order valence-electron chi connectivity index (χ1n) is 10.1. The van der Waals surface area contributed by atoms with Crippen molar-refractivity contribution in [3.8, 4) is 0 Å². The summed E-state index contributed by atoms with van der Waals surface area (Å²) in [6.45, 7) is 9.70. The van der Waals surface area contributed by atoms with E-state index >= 15 is 0 Å². The molecular formula is C21H29N4O3S+. The number of carbonyl (C=O) groups is 2. The van der Waals surface area contributed by atoms with Crippen LogP contribution in [0.5, 0.6) is 0 Å². The smallest absolute Gasteiger partial charge is 0.169 e. The van der Waals surface area contributed by atoms with Gasteiger partial charge in [-0.25, -0.2) is 0 Å². The summed E-state index contributed by atoms with van der Waals surface area (Å²) < 4.78 is 5.35. The number of carbonyl (C=O) groups excluding carboxylic acids is 2. The van der Waals surface area contributed by atoms with Crippen molar-refractivity contribution in [2.45, 2.75) is 18.8 Å². The predicted octanol–water partition coefficient (Wildman–Crippen LogP) is 0.243. The fraction of sp³-hybridized carbons (Fsp3) is 0.524. The Hall–Kier alpha value is -2.32. The highest BCUT2D eigenvalue weighted by Crippen LogP contribution is 2.31. The van der Waals surface area contributed by atoms with Gasteiger partial charge < -0.3 is 19.5 Å². The number of ketones is 2. The number of aliphatic imine (C=N–C) groups is 1. The summed E-state index contributed by atoms with van der Waals surface area (Å²) in [6.07, 6.45) is 5.61. The molecule has 1 saturated heterocycles. The quantitative estimate of drug-likeness (QED) is 0.286. The van der Waals surface area contributed by atoms with Gasteiger partial charge in [0.1, 0.15) is 23.2 Å². The summed E-state index contributed by atoms with van der Waals surface area (Å²) in [4.78, 5) is 32.8. The predicted molar refractivity (Wildman–Crippen MR) is 115 cm³/mol. The average Bonchev–Trinajstić information content (AvgIpc) is 3.26. The van der Waals surface area contributed by atoms with Gasteiger partial charge in [0.25, 0.3) is 0 Å². The molecule has 1 aromatic rings. The summed E-state index contributed by atoms with van der Waals surface area (Å²) >= 11 is 5.38. The second-order valence-corrected chi connectivity index (χ2v) is 7.93. The Morgan fingerprint density at radius 2 is 2.07 bits per heavy atom. The van der Waals surface area contributed by atoms with Crippen LogP contribution in [0.1, 0.15) is 24.5 Å². The van der Waals surface area contributed by atoms with E-state index in [1.165, 1.54) is 4.90 Å². The molecule has 0 radical (unpaired) electrons. The lowest BCUT2D eigenvalue weighted by atomic mass is 9.79. The molecule has 3 rings (SSSR count). The Morgan fingerprint density at radius 3 is 2.69 bits per heavy atom. The molecule has 2 heterocycles. The maximum absolute atomic E-state index is 12.4. The molecule has 2 aliphatic rings. The molecule has 0 aromatic carbocycles. The van der Waals surface area contributed by atoms with Crippen LogP contribution in [0.3, 0.4) is 0 Å². The van der Waals surface area contributed by atoms with Crippen molar-refractivity contribution in [1.82, 2.24) is 10.2 Å². The molecule has 1 saturated carbocycles. The molecule has 29 heavy (non-hydrogen) atoms. The molecule has 156 valence electrons. The fourth-order valence-corrected chi connectivity index (χ4v) is 4.10. The molecule has 1 aliphatic heterocycles. The van der Waals surface area contributed by atoms with Crippen molar-refractivity contribution in [2.24, 2.45) is 10.9 Å². The van der Waals surface area contributed by atoms with Gasteiger partial charge in [0.2, 0.25) is 0 Å². The summed E-state index contributed by atoms with van der Waals surface area (Å²) in [7, 11) is 0. The lowest BCUT2D eigenvalue weighted by Gasteiger charge is -2.33. The molecule has 0 atom stereocenters. The van der Waals surface area contributed by atoms with E-state index in [4.69, 9.17) is 16.6 Å². The Bertz CT molecular complexity index is 736. The van der Waals surface area contributed by atoms with E-state index in [0.717, 1.165) is 37.8 Å². The number of hydrogen-bond donors (Lipinski definition) is 2. The highest BCUT2D eigenvalue weighted by atomic mass is 32.1. The lowest BCUT2D eigenvalue weighted by molar-refractivity contribution is -0.902. The zero-order chi connectivity index (χ0) is 20.6. The SMILES string of the molecule is C=CCNC(=S)N1CC[NH+](CCN=CC2C(=O)CC(c3ccco3)CC2=O)CC1. The minimum atomic E-state index is -0.693. The van der Waals surface area contributed by atoms with Crippen LogP contribution >= 0.6 is 12.2 Å². The van der Waals surface area contributed by atoms with Crippen LogP contribution < -0.4 is 10.2 Å². The Labute approximate surface area is 176 Å². The van der Waals surface area contributed by atoms with E-state index in [1.54, 1.807) is 24.6 Å². The minimum absolute atomic E-state index is 0.0621. The molecule has 0 amide bonds. The number of rotatable bonds is 7. The standard InChI is InChI=1S/C21H28N4O3S/c1-2-5-23-21(29)25-10-8-24(9-11-25)7-6-22-15-17-18(26)13-16(14-19(17)27)20-4-3-12-28-20/h2-4,12,15-17H,1,5-11,13-14H2,(H,23,29)/p+1. The summed E-state index contributed by atoms with van der Waals surface area (Å²) in [5.41, 5.74) is 0. The van der Waals surface area contributed by atoms with Crippen LogP contribution in [0.25, 0.3) is 0 Å². The third kappa shape index (κ3) is 5.83. The normalized spacial score (nSPS) is 23.5. The summed E-state index contributed by atoms with van der Waals surface area (Å²) in [5, 5.41) is 3.94. The molecular weight excluding hydrogens is 388 g/mol. The number of Topliss-reactive ketones (excluding diaryl/α,β-unsaturated/α-hetero) is 2. The molecule has 0 spiro atoms. The van der Waals surface area contributed by atoms with E-state index < -0.39 is 5.92 Å². The van der Waals surface area contributed by atoms with E-state index in [2.05, 4.69) is 21.8 Å². The van der Waals surface area contributed by atoms with Gasteiger partial charge in [-0.3, -0.25) is 14.6 Å². The van der Waals surface area contributed by atoms with E-state index in [1.807, 2.05) is 6.07 Å². The van der Waals surface area contributed by atoms with Crippen LogP contribution in [0.4, 0.5) is 0 Å². The van der Waals surface area contributed by atoms with Crippen molar-refractivity contribution >= 4 is 35.1 Å². The molecule has 7 nitrogen and oxygen atoms in total. The number of quaternary nitrogens is 1. The highest BCUT2D eigenvalue weighted by molar-refractivity contribution is 7.80. The fourth-order valence-electron chi connectivity index (χ4n) is 3.83. The molecule has 0 unspecified atom stereocenters. The maximum atomic E-state index is 12.4. The molecule has 1 aliphatic carbocycles. The van der Waals surface area contributed by atoms with E-state index in [0.29, 0.717) is 31.7 Å². The van der Waals surface area contributed by atoms with Crippen LogP contribution in [0.2, 0.25) is 0 Å². The first-order valence-corrected chi connectivity index (χ1v) is 10.5. The van der Waals surface area contributed by atoms with Gasteiger partial charge in [-0.05, 0) is 24.4 Å². The largest absolute Gasteiger partial charge is 0.469 e. The second kappa shape index (κ2) is 10.5. The van der Waals surface area contributed by atoms with Gasteiger partial charge in [-0.15, -0.1) is 6.58 Å². The Kier molecular flexibility index (Phi) is 7.71. The minimum Gasteiger partial charge on any atom is -0.469 e. The number of hydrogen-bond acceptors (Lipinski definition) is 5. The van der Waals surface area contributed by atoms with Crippen LogP contribution in [0, 0.1) is 5.92 Å².